The van der Waals surface area contributed by atoms with E-state index >= 15 is 0 Å². The van der Waals surface area contributed by atoms with Crippen LogP contribution in [0.25, 0.3) is 79.2 Å². The van der Waals surface area contributed by atoms with Gasteiger partial charge in [0.15, 0.2) is 12.8 Å². The van der Waals surface area contributed by atoms with Gasteiger partial charge < -0.3 is 0 Å². The maximum absolute atomic E-state index is 14.5. The van der Waals surface area contributed by atoms with Crippen LogP contribution in [0.15, 0.2) is 212 Å². The molecule has 8 aliphatic carbocycles. The van der Waals surface area contributed by atoms with E-state index in [-0.39, 0.29) is 95.8 Å². The molecule has 0 unspecified atom stereocenters. The Morgan fingerprint density at radius 1 is 0.352 bits per heavy atom. The second-order valence-corrected chi connectivity index (χ2v) is 44.6. The molecule has 4 fully saturated rings. The van der Waals surface area contributed by atoms with Crippen LogP contribution >= 0.6 is 0 Å². The number of hydrogen-bond donors (Lipinski definition) is 0. The second kappa shape index (κ2) is 36.2. The summed E-state index contributed by atoms with van der Waals surface area (Å²) in [7, 11) is 0. The largest absolute Gasteiger partial charge is 0.272 e. The number of pyridine rings is 4. The smallest absolute Gasteiger partial charge is 0.179 e. The Balaban J connectivity index is 0.000000114. The summed E-state index contributed by atoms with van der Waals surface area (Å²) in [5.41, 5.74) is 16.0. The lowest BCUT2D eigenvalue weighted by Gasteiger charge is -2.37. The van der Waals surface area contributed by atoms with E-state index in [9.17, 15) is 35.1 Å². The monoisotopic (exact) mass is 1950 g/mol. The summed E-state index contributed by atoms with van der Waals surface area (Å²) in [6.07, 6.45) is 16.5. The predicted octanol–water partition coefficient (Wildman–Crippen LogP) is 25.1. The number of fused-ring (bicyclic) bond motifs is 20. The van der Waals surface area contributed by atoms with Gasteiger partial charge in [-0.3, -0.25) is 34.0 Å². The molecule has 21 nitrogen and oxygen atoms in total. The normalized spacial score (nSPS) is 22.2. The Kier molecular flexibility index (Phi) is 24.2. The van der Waals surface area contributed by atoms with E-state index in [1.807, 2.05) is 124 Å². The van der Waals surface area contributed by atoms with Crippen molar-refractivity contribution in [3.05, 3.63) is 327 Å². The third kappa shape index (κ3) is 15.7. The van der Waals surface area contributed by atoms with E-state index in [1.54, 1.807) is 4.68 Å². The average Bonchev–Trinajstić information content (AvgIpc) is 1.53. The van der Waals surface area contributed by atoms with Crippen molar-refractivity contribution in [3.63, 3.8) is 0 Å². The molecule has 0 N–H and O–H groups in total. The van der Waals surface area contributed by atoms with E-state index < -0.39 is 68.2 Å². The molecule has 29 heteroatoms. The van der Waals surface area contributed by atoms with Crippen molar-refractivity contribution in [2.45, 2.75) is 233 Å². The Morgan fingerprint density at radius 2 is 0.621 bits per heavy atom. The van der Waals surface area contributed by atoms with Crippen LogP contribution < -0.4 is 0 Å². The first-order chi connectivity index (χ1) is 69.3. The highest BCUT2D eigenvalue weighted by Gasteiger charge is 2.69. The van der Waals surface area contributed by atoms with Crippen molar-refractivity contribution in [1.82, 2.24) is 90.1 Å². The fraction of sp³-hybridized carbons (Fsp3) is 0.379. The van der Waals surface area contributed by atoms with E-state index in [0.717, 1.165) is 191 Å². The van der Waals surface area contributed by atoms with Crippen LogP contribution in [-0.4, -0.2) is 113 Å². The van der Waals surface area contributed by atoms with Crippen LogP contribution in [0, 0.1) is 96.8 Å². The number of halogens is 8. The molecule has 0 saturated heterocycles. The Labute approximate surface area is 837 Å². The van der Waals surface area contributed by atoms with Gasteiger partial charge in [0.05, 0.1) is 160 Å². The molecule has 8 bridgehead atoms. The average molecular weight is 1950 g/mol. The number of nitriles is 1. The summed E-state index contributed by atoms with van der Waals surface area (Å²) >= 11 is 0. The Bertz CT molecular complexity index is 7470. The zero-order chi connectivity index (χ0) is 102. The highest BCUT2D eigenvalue weighted by molar-refractivity contribution is 6.06. The fourth-order valence-electron chi connectivity index (χ4n) is 26.2. The van der Waals surface area contributed by atoms with E-state index in [2.05, 4.69) is 186 Å². The molecule has 145 heavy (non-hydrogen) atoms. The molecule has 738 valence electrons. The van der Waals surface area contributed by atoms with E-state index in [0.29, 0.717) is 24.8 Å². The van der Waals surface area contributed by atoms with Crippen LogP contribution in [0.5, 0.6) is 0 Å². The van der Waals surface area contributed by atoms with Crippen LogP contribution in [0.4, 0.5) is 35.1 Å². The number of nitrogens with zero attached hydrogens (tertiary/aromatic N) is 21. The maximum atomic E-state index is 14.5. The summed E-state index contributed by atoms with van der Waals surface area (Å²) in [6.45, 7) is 36.3. The van der Waals surface area contributed by atoms with Crippen molar-refractivity contribution in [2.24, 2.45) is 44.0 Å². The molecule has 0 amide bonds. The van der Waals surface area contributed by atoms with Gasteiger partial charge in [-0.1, -0.05) is 157 Å². The summed E-state index contributed by atoms with van der Waals surface area (Å²) in [5, 5.41) is 63.7. The van der Waals surface area contributed by atoms with Gasteiger partial charge in [0.1, 0.15) is 69.3 Å². The molecule has 4 saturated carbocycles. The van der Waals surface area contributed by atoms with Gasteiger partial charge in [0, 0.05) is 37.1 Å². The van der Waals surface area contributed by atoms with Crippen molar-refractivity contribution in [3.8, 4) is 85.3 Å². The van der Waals surface area contributed by atoms with Gasteiger partial charge in [-0.25, -0.2) is 35.1 Å². The Hall–Kier alpha value is -14.3. The number of aryl methyl sites for hydroxylation is 1. The predicted molar refractivity (Wildman–Crippen MR) is 538 cm³/mol. The summed E-state index contributed by atoms with van der Waals surface area (Å²) in [5.74, 6) is -3.29. The quantitative estimate of drug-likeness (QED) is 0.0539. The molecule has 24 rings (SSSR count). The third-order valence-electron chi connectivity index (χ3n) is 33.1. The van der Waals surface area contributed by atoms with E-state index in [4.69, 9.17) is 40.5 Å². The molecular formula is C116H114F8N21+. The van der Waals surface area contributed by atoms with Crippen LogP contribution in [0.1, 0.15) is 265 Å². The molecule has 11 aromatic heterocycles. The van der Waals surface area contributed by atoms with Crippen molar-refractivity contribution in [2.75, 3.05) is 6.54 Å². The SMILES string of the molecule is CC(C)(C)C[N+]1=CCC(c2cccc([C@@]34CC[C@@H](c5cc(-c6c(F)cccc6F)nnc53)C4(C)C)n2)=N1.CC(C)Cn1ccc(-c2cccc([C@@]34CC[C@@H](c5cc(-c6c(F)cccc6F)nnc53)C4(C)C)n2)n1.CC(C)Cn1ccc(-c2cccc([C@@]34CC[C@@H](c5cc(-c6c(F)cccc6F)nnc53)C4(C)C)n2)n1.CC1(C)[C@H]2CC[C@]1(c1cccc(-c3ccn(CCC#N)n3)n1)c1nnc(-c3c(F)cccc3F)cc12. The first-order valence-corrected chi connectivity index (χ1v) is 50.2. The molecule has 12 heterocycles. The number of rotatable bonds is 19. The summed E-state index contributed by atoms with van der Waals surface area (Å²) in [6, 6.07) is 55.1. The molecule has 4 aromatic carbocycles. The van der Waals surface area contributed by atoms with Crippen LogP contribution in [0.3, 0.4) is 0 Å². The van der Waals surface area contributed by atoms with Gasteiger partial charge in [-0.15, -0.1) is 20.4 Å². The molecule has 9 aliphatic rings. The minimum absolute atomic E-state index is 0.122. The minimum atomic E-state index is -0.648. The standard InChI is InChI=1S/C30H32F2N5.2C29H29F2N5.C28H24F2N6/c1-28(2,3)17-37-15-13-23(36-37)22-10-7-11-25(33-22)30-14-12-19(29(30,4)5)18-16-24(34-35-27(18)30)26-20(31)8-6-9-21(26)32;2*1-17(2)16-36-14-12-23(35-36)22-9-6-10-25(32-22)29-13-11-19(28(29,3)4)18-15-24(33-34-27(18)29)26-20(30)7-5-8-21(26)31;1-27(2)18-10-12-28(27,24-9-4-8-21(32-24)22-11-15-36(35-22)14-5-13-31)26-17(18)16-23(33-34-26)25-19(29)6-3-7-20(25)30/h6-11,15-16,19H,12-14,17H2,1-5H3;2*5-10,12,14-15,17,19H,11,13,16H2,1-4H3;3-4,6-9,11,15-16,18H,5,10,12,14H2,1-2H3/q+1;;;/t19-,30-;2*19-,29-;18-,28-/m0000/s1. The first kappa shape index (κ1) is 96.8. The Morgan fingerprint density at radius 3 is 0.903 bits per heavy atom. The number of aromatic nitrogens is 18. The van der Waals surface area contributed by atoms with Crippen LogP contribution in [-0.2, 0) is 41.3 Å². The van der Waals surface area contributed by atoms with Crippen LogP contribution in [0.2, 0.25) is 0 Å². The van der Waals surface area contributed by atoms with Gasteiger partial charge in [-0.05, 0) is 275 Å². The lowest BCUT2D eigenvalue weighted by Crippen LogP contribution is -2.38. The molecule has 15 aromatic rings. The molecule has 0 spiro atoms. The third-order valence-corrected chi connectivity index (χ3v) is 33.1. The number of hydrazone groups is 1. The second-order valence-electron chi connectivity index (χ2n) is 44.6. The highest BCUT2D eigenvalue weighted by atomic mass is 19.2. The fourth-order valence-corrected chi connectivity index (χ4v) is 26.2. The van der Waals surface area contributed by atoms with E-state index in [1.165, 1.54) is 72.8 Å². The minimum Gasteiger partial charge on any atom is -0.272 e. The number of hydrogen-bond acceptors (Lipinski definition) is 17. The van der Waals surface area contributed by atoms with Crippen molar-refractivity contribution >= 4 is 11.9 Å². The molecular weight excluding hydrogens is 1840 g/mol. The van der Waals surface area contributed by atoms with Gasteiger partial charge in [0.2, 0.25) is 0 Å². The zero-order valence-electron chi connectivity index (χ0n) is 84.0. The molecule has 0 radical (unpaired) electrons. The number of benzene rings is 4. The summed E-state index contributed by atoms with van der Waals surface area (Å²) in [4.78, 5) is 20.5. The highest BCUT2D eigenvalue weighted by Crippen LogP contribution is 2.74. The summed E-state index contributed by atoms with van der Waals surface area (Å²) < 4.78 is 124. The lowest BCUT2D eigenvalue weighted by molar-refractivity contribution is -0.539. The molecule has 8 atom stereocenters. The lowest BCUT2D eigenvalue weighted by atomic mass is 9.66. The first-order valence-electron chi connectivity index (χ1n) is 50.2. The maximum Gasteiger partial charge on any atom is 0.179 e. The van der Waals surface area contributed by atoms with Crippen molar-refractivity contribution in [1.29, 1.82) is 5.26 Å². The topological polar surface area (TPSA) is 247 Å². The molecule has 1 aliphatic heterocycles. The van der Waals surface area contributed by atoms with Gasteiger partial charge in [0.25, 0.3) is 0 Å². The van der Waals surface area contributed by atoms with Gasteiger partial charge in [-0.2, -0.15) is 41.0 Å². The van der Waals surface area contributed by atoms with Gasteiger partial charge >= 0.3 is 0 Å². The zero-order valence-corrected chi connectivity index (χ0v) is 84.0. The van der Waals surface area contributed by atoms with Crippen molar-refractivity contribution < 1.29 is 39.8 Å².